The van der Waals surface area contributed by atoms with Gasteiger partial charge >= 0.3 is 5.97 Å². The van der Waals surface area contributed by atoms with Crippen molar-refractivity contribution in [1.82, 2.24) is 5.16 Å². The molecular weight excluding hydrogens is 304 g/mol. The largest absolute Gasteiger partial charge is 0.465 e. The number of nitrogens with zero attached hydrogens (tertiary/aromatic N) is 1. The van der Waals surface area contributed by atoms with Crippen LogP contribution in [0.2, 0.25) is 0 Å². The van der Waals surface area contributed by atoms with E-state index in [1.165, 1.54) is 25.3 Å². The molecule has 3 rings (SSSR count). The first-order valence-electron chi connectivity index (χ1n) is 6.92. The van der Waals surface area contributed by atoms with Gasteiger partial charge in [-0.2, -0.15) is 0 Å². The smallest absolute Gasteiger partial charge is 0.338 e. The molecule has 0 N–H and O–H groups in total. The first kappa shape index (κ1) is 15.1. The normalized spacial score (nSPS) is 11.0. The van der Waals surface area contributed by atoms with Crippen molar-refractivity contribution < 1.29 is 22.8 Å². The predicted molar refractivity (Wildman–Crippen MR) is 79.2 cm³/mol. The minimum atomic E-state index is -0.706. The number of esters is 1. The van der Waals surface area contributed by atoms with E-state index in [2.05, 4.69) is 5.16 Å². The Morgan fingerprint density at radius 2 is 2.04 bits per heavy atom. The fourth-order valence-corrected chi connectivity index (χ4v) is 2.50. The van der Waals surface area contributed by atoms with Crippen molar-refractivity contribution >= 4 is 16.9 Å². The SMILES string of the molecule is COC(=O)c1cc2c(C)onc2c(F)c1Cc1ccccc1F. The third kappa shape index (κ3) is 2.56. The lowest BCUT2D eigenvalue weighted by Gasteiger charge is -2.10. The maximum absolute atomic E-state index is 14.8. The van der Waals surface area contributed by atoms with Gasteiger partial charge in [0.25, 0.3) is 0 Å². The number of carbonyl (C=O) groups is 1. The fraction of sp³-hybridized carbons (Fsp3) is 0.176. The molecule has 0 aliphatic heterocycles. The maximum Gasteiger partial charge on any atom is 0.338 e. The van der Waals surface area contributed by atoms with Crippen LogP contribution in [0.4, 0.5) is 8.78 Å². The monoisotopic (exact) mass is 317 g/mol. The van der Waals surface area contributed by atoms with Gasteiger partial charge in [0.1, 0.15) is 17.1 Å². The van der Waals surface area contributed by atoms with Gasteiger partial charge in [-0.15, -0.1) is 0 Å². The lowest BCUT2D eigenvalue weighted by Crippen LogP contribution is -2.09. The summed E-state index contributed by atoms with van der Waals surface area (Å²) in [4.78, 5) is 12.0. The molecule has 23 heavy (non-hydrogen) atoms. The van der Waals surface area contributed by atoms with Gasteiger partial charge in [0.15, 0.2) is 5.82 Å². The Morgan fingerprint density at radius 1 is 1.30 bits per heavy atom. The molecule has 0 saturated heterocycles. The summed E-state index contributed by atoms with van der Waals surface area (Å²) < 4.78 is 38.4. The van der Waals surface area contributed by atoms with Crippen LogP contribution in [-0.2, 0) is 11.2 Å². The Bertz CT molecular complexity index is 902. The molecular formula is C17H13F2NO3. The second-order valence-electron chi connectivity index (χ2n) is 5.11. The number of aryl methyl sites for hydroxylation is 1. The van der Waals surface area contributed by atoms with Crippen molar-refractivity contribution in [3.8, 4) is 0 Å². The first-order chi connectivity index (χ1) is 11.0. The summed E-state index contributed by atoms with van der Waals surface area (Å²) >= 11 is 0. The molecule has 0 amide bonds. The van der Waals surface area contributed by atoms with Crippen LogP contribution in [0.25, 0.3) is 10.9 Å². The number of rotatable bonds is 3. The van der Waals surface area contributed by atoms with Crippen molar-refractivity contribution in [3.05, 3.63) is 64.4 Å². The zero-order valence-electron chi connectivity index (χ0n) is 12.5. The van der Waals surface area contributed by atoms with E-state index in [9.17, 15) is 13.6 Å². The van der Waals surface area contributed by atoms with Gasteiger partial charge in [0, 0.05) is 17.4 Å². The Kier molecular flexibility index (Phi) is 3.82. The lowest BCUT2D eigenvalue weighted by molar-refractivity contribution is 0.0599. The Hall–Kier alpha value is -2.76. The Morgan fingerprint density at radius 3 is 2.74 bits per heavy atom. The third-order valence-corrected chi connectivity index (χ3v) is 3.73. The highest BCUT2D eigenvalue weighted by Crippen LogP contribution is 2.29. The van der Waals surface area contributed by atoms with E-state index < -0.39 is 17.6 Å². The summed E-state index contributed by atoms with van der Waals surface area (Å²) in [5, 5.41) is 4.06. The Labute approximate surface area is 130 Å². The van der Waals surface area contributed by atoms with E-state index >= 15 is 0 Å². The second-order valence-corrected chi connectivity index (χ2v) is 5.11. The van der Waals surface area contributed by atoms with E-state index in [1.54, 1.807) is 19.1 Å². The molecule has 0 bridgehead atoms. The standard InChI is InChI=1S/C17H13F2NO3/c1-9-11-8-13(17(21)22-2)12(15(19)16(11)20-23-9)7-10-5-3-4-6-14(10)18/h3-6,8H,7H2,1-2H3. The second kappa shape index (κ2) is 5.79. The van der Waals surface area contributed by atoms with Crippen LogP contribution in [-0.4, -0.2) is 18.2 Å². The number of benzene rings is 2. The van der Waals surface area contributed by atoms with E-state index in [0.717, 1.165) is 0 Å². The highest BCUT2D eigenvalue weighted by Gasteiger charge is 2.23. The molecule has 118 valence electrons. The molecule has 1 aromatic heterocycles. The summed E-state index contributed by atoms with van der Waals surface area (Å²) in [6.45, 7) is 1.62. The molecule has 6 heteroatoms. The van der Waals surface area contributed by atoms with Crippen molar-refractivity contribution in [2.45, 2.75) is 13.3 Å². The van der Waals surface area contributed by atoms with Gasteiger partial charge in [-0.25, -0.2) is 13.6 Å². The maximum atomic E-state index is 14.8. The lowest BCUT2D eigenvalue weighted by atomic mass is 9.96. The van der Waals surface area contributed by atoms with Crippen LogP contribution in [0.3, 0.4) is 0 Å². The number of fused-ring (bicyclic) bond motifs is 1. The molecule has 0 spiro atoms. The van der Waals surface area contributed by atoms with Gasteiger partial charge in [-0.3, -0.25) is 0 Å². The van der Waals surface area contributed by atoms with Crippen LogP contribution >= 0.6 is 0 Å². The molecule has 2 aromatic carbocycles. The molecule has 3 aromatic rings. The molecule has 4 nitrogen and oxygen atoms in total. The zero-order chi connectivity index (χ0) is 16.6. The molecule has 0 aliphatic carbocycles. The molecule has 1 heterocycles. The number of hydrogen-bond donors (Lipinski definition) is 0. The van der Waals surface area contributed by atoms with Gasteiger partial charge in [0.05, 0.1) is 12.7 Å². The predicted octanol–water partition coefficient (Wildman–Crippen LogP) is 3.79. The Balaban J connectivity index is 2.23. The number of hydrogen-bond acceptors (Lipinski definition) is 4. The third-order valence-electron chi connectivity index (χ3n) is 3.73. The number of ether oxygens (including phenoxy) is 1. The van der Waals surface area contributed by atoms with Crippen LogP contribution in [0.1, 0.15) is 27.2 Å². The van der Waals surface area contributed by atoms with Gasteiger partial charge in [0.2, 0.25) is 0 Å². The average Bonchev–Trinajstić information content (AvgIpc) is 2.92. The summed E-state index contributed by atoms with van der Waals surface area (Å²) in [6, 6.07) is 7.47. The van der Waals surface area contributed by atoms with Crippen LogP contribution < -0.4 is 0 Å². The van der Waals surface area contributed by atoms with E-state index in [-0.39, 0.29) is 28.6 Å². The molecule has 0 saturated carbocycles. The summed E-state index contributed by atoms with van der Waals surface area (Å²) in [5.41, 5.74) is 0.354. The van der Waals surface area contributed by atoms with Crippen LogP contribution in [0, 0.1) is 18.6 Å². The minimum Gasteiger partial charge on any atom is -0.465 e. The fourth-order valence-electron chi connectivity index (χ4n) is 2.50. The summed E-state index contributed by atoms with van der Waals surface area (Å²) in [5.74, 6) is -1.48. The molecule has 0 fully saturated rings. The molecule has 0 atom stereocenters. The quantitative estimate of drug-likeness (QED) is 0.690. The average molecular weight is 317 g/mol. The number of halogens is 2. The van der Waals surface area contributed by atoms with Crippen molar-refractivity contribution in [3.63, 3.8) is 0 Å². The number of carbonyl (C=O) groups excluding carboxylic acids is 1. The van der Waals surface area contributed by atoms with E-state index in [0.29, 0.717) is 11.1 Å². The number of methoxy groups -OCH3 is 1. The molecule has 0 unspecified atom stereocenters. The van der Waals surface area contributed by atoms with E-state index in [4.69, 9.17) is 9.26 Å². The molecule has 0 aliphatic rings. The van der Waals surface area contributed by atoms with Crippen molar-refractivity contribution in [1.29, 1.82) is 0 Å². The zero-order valence-corrected chi connectivity index (χ0v) is 12.5. The first-order valence-corrected chi connectivity index (χ1v) is 6.92. The van der Waals surface area contributed by atoms with Gasteiger partial charge in [-0.1, -0.05) is 23.4 Å². The van der Waals surface area contributed by atoms with Crippen molar-refractivity contribution in [2.75, 3.05) is 7.11 Å². The summed E-state index contributed by atoms with van der Waals surface area (Å²) in [6.07, 6.45) is -0.0925. The van der Waals surface area contributed by atoms with E-state index in [1.807, 2.05) is 0 Å². The topological polar surface area (TPSA) is 52.3 Å². The highest BCUT2D eigenvalue weighted by molar-refractivity contribution is 5.97. The number of aromatic nitrogens is 1. The van der Waals surface area contributed by atoms with Crippen LogP contribution in [0.5, 0.6) is 0 Å². The van der Waals surface area contributed by atoms with Gasteiger partial charge in [-0.05, 0) is 24.6 Å². The van der Waals surface area contributed by atoms with Crippen molar-refractivity contribution in [2.24, 2.45) is 0 Å². The highest BCUT2D eigenvalue weighted by atomic mass is 19.1. The summed E-state index contributed by atoms with van der Waals surface area (Å²) in [7, 11) is 1.21. The van der Waals surface area contributed by atoms with Crippen LogP contribution in [0.15, 0.2) is 34.9 Å². The molecule has 0 radical (unpaired) electrons. The minimum absolute atomic E-state index is 0.0153. The van der Waals surface area contributed by atoms with Gasteiger partial charge < -0.3 is 9.26 Å².